The van der Waals surface area contributed by atoms with Crippen LogP contribution >= 0.6 is 0 Å². The number of pyridine rings is 1. The van der Waals surface area contributed by atoms with Gasteiger partial charge in [-0.3, -0.25) is 4.79 Å². The molecule has 5 rings (SSSR count). The molecule has 2 aliphatic rings. The van der Waals surface area contributed by atoms with Crippen molar-refractivity contribution in [1.29, 1.82) is 0 Å². The Morgan fingerprint density at radius 2 is 2.03 bits per heavy atom. The molecule has 2 N–H and O–H groups in total. The molecule has 170 valence electrons. The number of ether oxygens (including phenoxy) is 1. The zero-order valence-corrected chi connectivity index (χ0v) is 19.2. The van der Waals surface area contributed by atoms with Crippen molar-refractivity contribution in [2.45, 2.75) is 65.1 Å². The second-order valence-corrected chi connectivity index (χ2v) is 9.73. The van der Waals surface area contributed by atoms with Gasteiger partial charge in [-0.25, -0.2) is 4.68 Å². The Morgan fingerprint density at radius 3 is 2.78 bits per heavy atom. The van der Waals surface area contributed by atoms with E-state index in [1.807, 2.05) is 11.6 Å². The molecule has 2 atom stereocenters. The molecule has 0 unspecified atom stereocenters. The van der Waals surface area contributed by atoms with E-state index in [2.05, 4.69) is 52.6 Å². The first-order valence-corrected chi connectivity index (χ1v) is 11.9. The molecule has 3 aromatic rings. The standard InChI is InChI=1S/C24H32N6O2/c1-15-6-8-29(9-7-15)22(23-26-27-28-30(23)14-19-5-4-10-32-19)20-13-18-12-16(2)11-17(3)21(18)25-24(20)31/h11-13,15,19,22H,4-10,14H2,1-3H3,(H,25,31)/p+1/t19-,22+/m1/s1. The molecule has 0 bridgehead atoms. The second-order valence-electron chi connectivity index (χ2n) is 9.73. The summed E-state index contributed by atoms with van der Waals surface area (Å²) in [6, 6.07) is 6.11. The highest BCUT2D eigenvalue weighted by atomic mass is 16.5. The third kappa shape index (κ3) is 4.09. The number of aryl methyl sites for hydroxylation is 2. The fourth-order valence-corrected chi connectivity index (χ4v) is 5.41. The van der Waals surface area contributed by atoms with Crippen molar-refractivity contribution in [3.8, 4) is 0 Å². The first kappa shape index (κ1) is 21.3. The van der Waals surface area contributed by atoms with Gasteiger partial charge in [0.25, 0.3) is 5.56 Å². The van der Waals surface area contributed by atoms with Crippen LogP contribution in [0, 0.1) is 19.8 Å². The van der Waals surface area contributed by atoms with E-state index < -0.39 is 0 Å². The molecule has 0 saturated carbocycles. The van der Waals surface area contributed by atoms with Crippen LogP contribution in [0.2, 0.25) is 0 Å². The molecular weight excluding hydrogens is 404 g/mol. The molecule has 8 heteroatoms. The first-order chi connectivity index (χ1) is 15.5. The van der Waals surface area contributed by atoms with Crippen LogP contribution in [0.5, 0.6) is 0 Å². The molecule has 0 amide bonds. The largest absolute Gasteiger partial charge is 0.376 e. The van der Waals surface area contributed by atoms with Crippen LogP contribution in [0.25, 0.3) is 10.9 Å². The minimum Gasteiger partial charge on any atom is -0.376 e. The van der Waals surface area contributed by atoms with Crippen LogP contribution in [-0.2, 0) is 11.3 Å². The summed E-state index contributed by atoms with van der Waals surface area (Å²) < 4.78 is 7.71. The molecule has 32 heavy (non-hydrogen) atoms. The first-order valence-electron chi connectivity index (χ1n) is 11.9. The Balaban J connectivity index is 1.61. The van der Waals surface area contributed by atoms with Gasteiger partial charge in [0, 0.05) is 6.61 Å². The van der Waals surface area contributed by atoms with Crippen molar-refractivity contribution in [3.05, 3.63) is 51.1 Å². The Hall–Kier alpha value is -2.58. The molecule has 0 aliphatic carbocycles. The van der Waals surface area contributed by atoms with Gasteiger partial charge in [-0.2, -0.15) is 0 Å². The van der Waals surface area contributed by atoms with E-state index in [0.717, 1.165) is 73.2 Å². The molecule has 4 heterocycles. The summed E-state index contributed by atoms with van der Waals surface area (Å²) in [5, 5.41) is 13.8. The molecule has 2 saturated heterocycles. The number of tetrazole rings is 1. The zero-order valence-electron chi connectivity index (χ0n) is 19.2. The lowest BCUT2D eigenvalue weighted by Gasteiger charge is -2.33. The highest BCUT2D eigenvalue weighted by Crippen LogP contribution is 2.23. The number of nitrogens with zero attached hydrogens (tertiary/aromatic N) is 4. The maximum absolute atomic E-state index is 13.4. The van der Waals surface area contributed by atoms with Gasteiger partial charge in [-0.15, -0.1) is 5.10 Å². The van der Waals surface area contributed by atoms with Gasteiger partial charge in [-0.05, 0) is 79.0 Å². The number of rotatable bonds is 5. The Kier molecular flexibility index (Phi) is 5.82. The van der Waals surface area contributed by atoms with Crippen LogP contribution in [-0.4, -0.2) is 51.0 Å². The zero-order chi connectivity index (χ0) is 22.2. The summed E-state index contributed by atoms with van der Waals surface area (Å²) in [7, 11) is 0. The fraction of sp³-hybridized carbons (Fsp3) is 0.583. The van der Waals surface area contributed by atoms with E-state index in [-0.39, 0.29) is 17.7 Å². The number of H-pyrrole nitrogens is 1. The van der Waals surface area contributed by atoms with Crippen LogP contribution in [0.15, 0.2) is 23.0 Å². The van der Waals surface area contributed by atoms with Crippen molar-refractivity contribution in [1.82, 2.24) is 25.2 Å². The highest BCUT2D eigenvalue weighted by molar-refractivity contribution is 5.83. The monoisotopic (exact) mass is 437 g/mol. The number of quaternary nitrogens is 1. The average Bonchev–Trinajstić information content (AvgIpc) is 3.44. The van der Waals surface area contributed by atoms with Crippen LogP contribution in [0.3, 0.4) is 0 Å². The number of aromatic nitrogens is 5. The summed E-state index contributed by atoms with van der Waals surface area (Å²) in [5.74, 6) is 1.47. The number of hydrogen-bond donors (Lipinski definition) is 2. The van der Waals surface area contributed by atoms with Gasteiger partial charge in [0.05, 0.1) is 36.8 Å². The minimum atomic E-state index is -0.201. The molecule has 0 spiro atoms. The number of fused-ring (bicyclic) bond motifs is 1. The predicted molar refractivity (Wildman–Crippen MR) is 122 cm³/mol. The van der Waals surface area contributed by atoms with Crippen molar-refractivity contribution in [3.63, 3.8) is 0 Å². The number of hydrogen-bond acceptors (Lipinski definition) is 5. The minimum absolute atomic E-state index is 0.0489. The van der Waals surface area contributed by atoms with Gasteiger partial charge < -0.3 is 14.6 Å². The maximum Gasteiger partial charge on any atom is 0.258 e. The van der Waals surface area contributed by atoms with Crippen molar-refractivity contribution >= 4 is 10.9 Å². The van der Waals surface area contributed by atoms with E-state index >= 15 is 0 Å². The van der Waals surface area contributed by atoms with Gasteiger partial charge in [0.2, 0.25) is 5.82 Å². The third-order valence-corrected chi connectivity index (χ3v) is 7.18. The normalized spacial score (nSPS) is 24.8. The molecule has 8 nitrogen and oxygen atoms in total. The maximum atomic E-state index is 13.4. The van der Waals surface area contributed by atoms with Gasteiger partial charge >= 0.3 is 0 Å². The van der Waals surface area contributed by atoms with Crippen LogP contribution in [0.4, 0.5) is 0 Å². The average molecular weight is 438 g/mol. The number of likely N-dealkylation sites (tertiary alicyclic amines) is 1. The van der Waals surface area contributed by atoms with Crippen molar-refractivity contribution in [2.75, 3.05) is 19.7 Å². The van der Waals surface area contributed by atoms with Gasteiger partial charge in [0.15, 0.2) is 6.04 Å². The van der Waals surface area contributed by atoms with E-state index in [4.69, 9.17) is 4.74 Å². The Morgan fingerprint density at radius 1 is 1.22 bits per heavy atom. The van der Waals surface area contributed by atoms with E-state index in [1.54, 1.807) is 0 Å². The summed E-state index contributed by atoms with van der Waals surface area (Å²) in [4.78, 5) is 17.9. The van der Waals surface area contributed by atoms with Crippen molar-refractivity contribution < 1.29 is 9.64 Å². The molecule has 2 aliphatic heterocycles. The SMILES string of the molecule is Cc1cc(C)c2[nH]c(=O)c([C@@H](c3nnnn3C[C@H]3CCCO3)[NH+]3CCC(C)CC3)cc2c1. The molecule has 2 fully saturated rings. The van der Waals surface area contributed by atoms with E-state index in [9.17, 15) is 4.79 Å². The topological polar surface area (TPSA) is 90.1 Å². The second kappa shape index (κ2) is 8.75. The lowest BCUT2D eigenvalue weighted by atomic mass is 9.95. The van der Waals surface area contributed by atoms with Crippen LogP contribution in [0.1, 0.15) is 61.2 Å². The summed E-state index contributed by atoms with van der Waals surface area (Å²) >= 11 is 0. The van der Waals surface area contributed by atoms with E-state index in [1.165, 1.54) is 10.5 Å². The lowest BCUT2D eigenvalue weighted by Crippen LogP contribution is -3.13. The smallest absolute Gasteiger partial charge is 0.258 e. The summed E-state index contributed by atoms with van der Waals surface area (Å²) in [6.07, 6.45) is 4.51. The Labute approximate surface area is 188 Å². The molecule has 1 aromatic carbocycles. The number of benzene rings is 1. The summed E-state index contributed by atoms with van der Waals surface area (Å²) in [5.41, 5.74) is 3.88. The van der Waals surface area contributed by atoms with Gasteiger partial charge in [0.1, 0.15) is 0 Å². The highest BCUT2D eigenvalue weighted by Gasteiger charge is 2.36. The lowest BCUT2D eigenvalue weighted by molar-refractivity contribution is -0.932. The van der Waals surface area contributed by atoms with Crippen molar-refractivity contribution in [2.24, 2.45) is 5.92 Å². The molecular formula is C24H33N6O2+. The number of aromatic amines is 1. The predicted octanol–water partition coefficient (Wildman–Crippen LogP) is 1.71. The molecule has 0 radical (unpaired) electrons. The summed E-state index contributed by atoms with van der Waals surface area (Å²) in [6.45, 7) is 9.87. The Bertz CT molecular complexity index is 1150. The molecule has 2 aromatic heterocycles. The van der Waals surface area contributed by atoms with E-state index in [0.29, 0.717) is 12.5 Å². The number of nitrogens with one attached hydrogen (secondary N) is 2. The van der Waals surface area contributed by atoms with Gasteiger partial charge in [-0.1, -0.05) is 18.6 Å². The quantitative estimate of drug-likeness (QED) is 0.634. The third-order valence-electron chi connectivity index (χ3n) is 7.18. The number of piperidine rings is 1. The van der Waals surface area contributed by atoms with Crippen LogP contribution < -0.4 is 10.5 Å². The fourth-order valence-electron chi connectivity index (χ4n) is 5.41.